The monoisotopic (exact) mass is 388 g/mol. The quantitative estimate of drug-likeness (QED) is 0.458. The lowest BCUT2D eigenvalue weighted by atomic mass is 10.2. The second kappa shape index (κ2) is 12.4. The molecule has 2 rings (SSSR count). The molecule has 0 amide bonds. The summed E-state index contributed by atoms with van der Waals surface area (Å²) in [6, 6.07) is 12.4. The normalized spacial score (nSPS) is 11.6. The molecule has 0 aliphatic rings. The van der Waals surface area contributed by atoms with Gasteiger partial charge in [-0.05, 0) is 37.0 Å². The van der Waals surface area contributed by atoms with Gasteiger partial charge in [0.25, 0.3) is 0 Å². The standard InChI is InChI=1S/C21H32N4OS/c1-4-25(5-2)14-15-26-20-11-7-6-9-18(20)17-24-21(22-3)23-13-12-19-10-8-16-27-19/h6-11,16H,4-5,12-15,17H2,1-3H3,(H2,22,23,24). The lowest BCUT2D eigenvalue weighted by molar-refractivity contribution is 0.221. The molecule has 0 atom stereocenters. The van der Waals surface area contributed by atoms with Crippen molar-refractivity contribution in [3.63, 3.8) is 0 Å². The van der Waals surface area contributed by atoms with Crippen LogP contribution < -0.4 is 15.4 Å². The lowest BCUT2D eigenvalue weighted by Crippen LogP contribution is -2.37. The largest absolute Gasteiger partial charge is 0.492 e. The van der Waals surface area contributed by atoms with E-state index < -0.39 is 0 Å². The molecule has 148 valence electrons. The first-order valence-corrected chi connectivity index (χ1v) is 10.5. The van der Waals surface area contributed by atoms with Crippen molar-refractivity contribution in [2.24, 2.45) is 4.99 Å². The summed E-state index contributed by atoms with van der Waals surface area (Å²) in [7, 11) is 1.80. The maximum atomic E-state index is 6.03. The molecule has 2 aromatic rings. The first kappa shape index (κ1) is 21.3. The van der Waals surface area contributed by atoms with Crippen molar-refractivity contribution in [3.05, 3.63) is 52.2 Å². The van der Waals surface area contributed by atoms with E-state index in [0.717, 1.165) is 49.9 Å². The summed E-state index contributed by atoms with van der Waals surface area (Å²) >= 11 is 1.79. The van der Waals surface area contributed by atoms with Gasteiger partial charge < -0.3 is 20.3 Å². The average molecular weight is 389 g/mol. The van der Waals surface area contributed by atoms with Crippen LogP contribution in [0.15, 0.2) is 46.8 Å². The predicted molar refractivity (Wildman–Crippen MR) is 116 cm³/mol. The molecule has 0 radical (unpaired) electrons. The van der Waals surface area contributed by atoms with Crippen molar-refractivity contribution in [2.75, 3.05) is 39.8 Å². The van der Waals surface area contributed by atoms with E-state index in [0.29, 0.717) is 13.2 Å². The summed E-state index contributed by atoms with van der Waals surface area (Å²) in [6.45, 7) is 9.65. The van der Waals surface area contributed by atoms with E-state index in [1.165, 1.54) is 4.88 Å². The summed E-state index contributed by atoms with van der Waals surface area (Å²) in [5, 5.41) is 8.86. The van der Waals surface area contributed by atoms with E-state index in [4.69, 9.17) is 4.74 Å². The highest BCUT2D eigenvalue weighted by Gasteiger charge is 2.06. The zero-order valence-electron chi connectivity index (χ0n) is 16.7. The number of benzene rings is 1. The van der Waals surface area contributed by atoms with Crippen LogP contribution in [0.4, 0.5) is 0 Å². The molecule has 0 saturated carbocycles. The molecule has 5 nitrogen and oxygen atoms in total. The van der Waals surface area contributed by atoms with E-state index in [2.05, 4.69) is 58.0 Å². The van der Waals surface area contributed by atoms with Crippen molar-refractivity contribution in [2.45, 2.75) is 26.8 Å². The molecule has 0 unspecified atom stereocenters. The van der Waals surface area contributed by atoms with Crippen molar-refractivity contribution in [3.8, 4) is 5.75 Å². The Morgan fingerprint density at radius 1 is 1.11 bits per heavy atom. The number of para-hydroxylation sites is 1. The molecular weight excluding hydrogens is 356 g/mol. The number of aliphatic imine (C=N–C) groups is 1. The first-order chi connectivity index (χ1) is 13.3. The van der Waals surface area contributed by atoms with Gasteiger partial charge in [0, 0.05) is 37.1 Å². The summed E-state index contributed by atoms with van der Waals surface area (Å²) in [4.78, 5) is 8.05. The highest BCUT2D eigenvalue weighted by molar-refractivity contribution is 7.09. The van der Waals surface area contributed by atoms with Gasteiger partial charge in [0.2, 0.25) is 0 Å². The number of nitrogens with zero attached hydrogens (tertiary/aromatic N) is 2. The van der Waals surface area contributed by atoms with Crippen LogP contribution in [-0.4, -0.2) is 50.7 Å². The van der Waals surface area contributed by atoms with Crippen LogP contribution in [0.5, 0.6) is 5.75 Å². The van der Waals surface area contributed by atoms with Crippen molar-refractivity contribution in [1.82, 2.24) is 15.5 Å². The zero-order valence-corrected chi connectivity index (χ0v) is 17.5. The molecule has 0 saturated heterocycles. The number of hydrogen-bond acceptors (Lipinski definition) is 4. The molecule has 0 spiro atoms. The molecule has 6 heteroatoms. The Balaban J connectivity index is 1.79. The molecule has 1 aromatic carbocycles. The Labute approximate surface area is 167 Å². The molecule has 0 bridgehead atoms. The van der Waals surface area contributed by atoms with Gasteiger partial charge in [-0.2, -0.15) is 0 Å². The Bertz CT molecular complexity index is 669. The van der Waals surface area contributed by atoms with Crippen LogP contribution in [0.1, 0.15) is 24.3 Å². The van der Waals surface area contributed by atoms with Crippen LogP contribution >= 0.6 is 11.3 Å². The Morgan fingerprint density at radius 2 is 1.93 bits per heavy atom. The average Bonchev–Trinajstić information content (AvgIpc) is 3.22. The van der Waals surface area contributed by atoms with E-state index in [-0.39, 0.29) is 0 Å². The van der Waals surface area contributed by atoms with Gasteiger partial charge in [0.15, 0.2) is 5.96 Å². The van der Waals surface area contributed by atoms with Crippen LogP contribution in [0.25, 0.3) is 0 Å². The van der Waals surface area contributed by atoms with Gasteiger partial charge in [-0.15, -0.1) is 11.3 Å². The number of hydrogen-bond donors (Lipinski definition) is 2. The van der Waals surface area contributed by atoms with Gasteiger partial charge in [-0.25, -0.2) is 0 Å². The van der Waals surface area contributed by atoms with E-state index in [1.54, 1.807) is 18.4 Å². The van der Waals surface area contributed by atoms with Crippen LogP contribution in [0.3, 0.4) is 0 Å². The molecule has 0 fully saturated rings. The third-order valence-electron chi connectivity index (χ3n) is 4.45. The molecule has 0 aliphatic carbocycles. The smallest absolute Gasteiger partial charge is 0.191 e. The SMILES string of the molecule is CCN(CC)CCOc1ccccc1CNC(=NC)NCCc1cccs1. The maximum Gasteiger partial charge on any atom is 0.191 e. The van der Waals surface area contributed by atoms with E-state index in [9.17, 15) is 0 Å². The molecular formula is C21H32N4OS. The Morgan fingerprint density at radius 3 is 2.63 bits per heavy atom. The third-order valence-corrected chi connectivity index (χ3v) is 5.38. The van der Waals surface area contributed by atoms with Gasteiger partial charge in [-0.1, -0.05) is 38.1 Å². The topological polar surface area (TPSA) is 48.9 Å². The molecule has 1 aromatic heterocycles. The molecule has 0 aliphatic heterocycles. The summed E-state index contributed by atoms with van der Waals surface area (Å²) in [6.07, 6.45) is 1.00. The van der Waals surface area contributed by atoms with Crippen LogP contribution in [0, 0.1) is 0 Å². The fraction of sp³-hybridized carbons (Fsp3) is 0.476. The second-order valence-electron chi connectivity index (χ2n) is 6.16. The van der Waals surface area contributed by atoms with E-state index >= 15 is 0 Å². The molecule has 1 heterocycles. The summed E-state index contributed by atoms with van der Waals surface area (Å²) in [5.41, 5.74) is 1.14. The Hall–Kier alpha value is -2.05. The number of likely N-dealkylation sites (N-methyl/N-ethyl adjacent to an activating group) is 1. The molecule has 27 heavy (non-hydrogen) atoms. The van der Waals surface area contributed by atoms with Crippen LogP contribution in [0.2, 0.25) is 0 Å². The fourth-order valence-electron chi connectivity index (χ4n) is 2.77. The van der Waals surface area contributed by atoms with Crippen molar-refractivity contribution >= 4 is 17.3 Å². The van der Waals surface area contributed by atoms with Gasteiger partial charge in [0.05, 0.1) is 0 Å². The summed E-state index contributed by atoms with van der Waals surface area (Å²) in [5.74, 6) is 1.75. The number of guanidine groups is 1. The van der Waals surface area contributed by atoms with Crippen molar-refractivity contribution in [1.29, 1.82) is 0 Å². The van der Waals surface area contributed by atoms with Crippen molar-refractivity contribution < 1.29 is 4.74 Å². The minimum atomic E-state index is 0.681. The van der Waals surface area contributed by atoms with E-state index in [1.807, 2.05) is 18.2 Å². The predicted octanol–water partition coefficient (Wildman–Crippen LogP) is 3.38. The summed E-state index contributed by atoms with van der Waals surface area (Å²) < 4.78 is 6.03. The zero-order chi connectivity index (χ0) is 19.3. The Kier molecular flexibility index (Phi) is 9.73. The highest BCUT2D eigenvalue weighted by atomic mass is 32.1. The number of rotatable bonds is 11. The van der Waals surface area contributed by atoms with Gasteiger partial charge in [0.1, 0.15) is 12.4 Å². The minimum absolute atomic E-state index is 0.681. The highest BCUT2D eigenvalue weighted by Crippen LogP contribution is 2.17. The number of ether oxygens (including phenoxy) is 1. The third kappa shape index (κ3) is 7.61. The minimum Gasteiger partial charge on any atom is -0.492 e. The second-order valence-corrected chi connectivity index (χ2v) is 7.20. The van der Waals surface area contributed by atoms with Crippen LogP contribution in [-0.2, 0) is 13.0 Å². The molecule has 2 N–H and O–H groups in total. The van der Waals surface area contributed by atoms with Gasteiger partial charge in [-0.3, -0.25) is 4.99 Å². The van der Waals surface area contributed by atoms with Gasteiger partial charge >= 0.3 is 0 Å². The lowest BCUT2D eigenvalue weighted by Gasteiger charge is -2.19. The number of thiophene rings is 1. The fourth-order valence-corrected chi connectivity index (χ4v) is 3.48. The number of nitrogens with one attached hydrogen (secondary N) is 2. The maximum absolute atomic E-state index is 6.03. The first-order valence-electron chi connectivity index (χ1n) is 9.66.